The van der Waals surface area contributed by atoms with E-state index in [1.807, 2.05) is 12.1 Å². The second-order valence-corrected chi connectivity index (χ2v) is 7.65. The average molecular weight is 376 g/mol. The van der Waals surface area contributed by atoms with Crippen molar-refractivity contribution in [1.82, 2.24) is 15.0 Å². The molecule has 2 heterocycles. The molecule has 0 spiro atoms. The monoisotopic (exact) mass is 375 g/mol. The van der Waals surface area contributed by atoms with Crippen LogP contribution in [0.15, 0.2) is 28.8 Å². The molecule has 4 rings (SSSR count). The molecule has 2 aliphatic rings. The molecule has 2 aromatic rings. The van der Waals surface area contributed by atoms with Gasteiger partial charge in [0.1, 0.15) is 6.04 Å². The molecule has 6 nitrogen and oxygen atoms in total. The highest BCUT2D eigenvalue weighted by Gasteiger charge is 2.44. The number of likely N-dealkylation sites (tertiary alicyclic amines) is 1. The van der Waals surface area contributed by atoms with Crippen molar-refractivity contribution in [3.8, 4) is 11.4 Å². The summed E-state index contributed by atoms with van der Waals surface area (Å²) >= 11 is 6.01. The summed E-state index contributed by atoms with van der Waals surface area (Å²) in [5.74, 6) is 0.830. The van der Waals surface area contributed by atoms with E-state index in [9.17, 15) is 9.90 Å². The molecule has 0 bridgehead atoms. The van der Waals surface area contributed by atoms with Crippen molar-refractivity contribution in [3.05, 3.63) is 35.2 Å². The Kier molecular flexibility index (Phi) is 4.96. The zero-order chi connectivity index (χ0) is 18.1. The number of halogens is 1. The number of hydrogen-bond donors (Lipinski definition) is 1. The van der Waals surface area contributed by atoms with Crippen molar-refractivity contribution >= 4 is 17.6 Å². The molecule has 3 atom stereocenters. The number of aromatic nitrogens is 2. The van der Waals surface area contributed by atoms with Gasteiger partial charge in [-0.3, -0.25) is 9.69 Å². The van der Waals surface area contributed by atoms with Crippen LogP contribution in [0.25, 0.3) is 11.4 Å². The Labute approximate surface area is 157 Å². The first kappa shape index (κ1) is 17.5. The molecular weight excluding hydrogens is 354 g/mol. The highest BCUT2D eigenvalue weighted by molar-refractivity contribution is 6.30. The smallest absolute Gasteiger partial charge is 0.320 e. The fraction of sp³-hybridized carbons (Fsp3) is 0.526. The zero-order valence-corrected chi connectivity index (χ0v) is 15.2. The minimum atomic E-state index is -0.718. The minimum Gasteiger partial charge on any atom is -0.480 e. The van der Waals surface area contributed by atoms with Gasteiger partial charge in [-0.25, -0.2) is 0 Å². The van der Waals surface area contributed by atoms with E-state index in [4.69, 9.17) is 16.1 Å². The first-order valence-electron chi connectivity index (χ1n) is 9.19. The van der Waals surface area contributed by atoms with E-state index in [2.05, 4.69) is 15.0 Å². The van der Waals surface area contributed by atoms with Crippen LogP contribution in [0.1, 0.15) is 38.0 Å². The lowest BCUT2D eigenvalue weighted by molar-refractivity contribution is -0.142. The summed E-state index contributed by atoms with van der Waals surface area (Å²) in [5.41, 5.74) is 0.810. The van der Waals surface area contributed by atoms with Crippen LogP contribution in [0, 0.1) is 5.92 Å². The Balaban J connectivity index is 1.45. The fourth-order valence-corrected chi connectivity index (χ4v) is 4.63. The molecule has 7 heteroatoms. The van der Waals surface area contributed by atoms with Gasteiger partial charge in [0, 0.05) is 29.6 Å². The van der Waals surface area contributed by atoms with Gasteiger partial charge >= 0.3 is 5.97 Å². The predicted octanol–water partition coefficient (Wildman–Crippen LogP) is 3.65. The van der Waals surface area contributed by atoms with Gasteiger partial charge < -0.3 is 9.63 Å². The number of nitrogens with zero attached hydrogens (tertiary/aromatic N) is 3. The van der Waals surface area contributed by atoms with Crippen LogP contribution in [0.2, 0.25) is 5.02 Å². The van der Waals surface area contributed by atoms with Crippen LogP contribution in [0.4, 0.5) is 0 Å². The number of carboxylic acids is 1. The predicted molar refractivity (Wildman–Crippen MR) is 96.9 cm³/mol. The van der Waals surface area contributed by atoms with Gasteiger partial charge in [0.2, 0.25) is 11.7 Å². The third-order valence-corrected chi connectivity index (χ3v) is 5.88. The van der Waals surface area contributed by atoms with Gasteiger partial charge in [-0.2, -0.15) is 4.98 Å². The first-order valence-corrected chi connectivity index (χ1v) is 9.56. The van der Waals surface area contributed by atoms with Crippen LogP contribution in [-0.4, -0.2) is 44.7 Å². The molecule has 138 valence electrons. The molecule has 1 aromatic carbocycles. The van der Waals surface area contributed by atoms with Crippen LogP contribution in [-0.2, 0) is 11.2 Å². The Bertz CT molecular complexity index is 794. The lowest BCUT2D eigenvalue weighted by atomic mass is 9.85. The molecule has 1 saturated carbocycles. The van der Waals surface area contributed by atoms with E-state index in [-0.39, 0.29) is 0 Å². The van der Waals surface area contributed by atoms with Crippen LogP contribution < -0.4 is 0 Å². The molecule has 1 aromatic heterocycles. The molecule has 1 N–H and O–H groups in total. The van der Waals surface area contributed by atoms with Crippen molar-refractivity contribution in [2.24, 2.45) is 5.92 Å². The molecule has 1 aliphatic carbocycles. The van der Waals surface area contributed by atoms with Gasteiger partial charge in [0.25, 0.3) is 0 Å². The number of benzene rings is 1. The highest BCUT2D eigenvalue weighted by Crippen LogP contribution is 2.39. The third kappa shape index (κ3) is 3.48. The maximum absolute atomic E-state index is 11.7. The first-order chi connectivity index (χ1) is 12.6. The molecule has 1 aliphatic heterocycles. The molecular formula is C19H22ClN3O3. The highest BCUT2D eigenvalue weighted by atomic mass is 35.5. The number of fused-ring (bicyclic) bond motifs is 1. The van der Waals surface area contributed by atoms with Crippen molar-refractivity contribution in [2.75, 3.05) is 6.54 Å². The summed E-state index contributed by atoms with van der Waals surface area (Å²) in [6.07, 6.45) is 5.95. The molecule has 1 saturated heterocycles. The molecule has 0 amide bonds. The van der Waals surface area contributed by atoms with E-state index in [0.717, 1.165) is 24.8 Å². The Morgan fingerprint density at radius 2 is 2.19 bits per heavy atom. The summed E-state index contributed by atoms with van der Waals surface area (Å²) in [6.45, 7) is 0.634. The minimum absolute atomic E-state index is 0.375. The summed E-state index contributed by atoms with van der Waals surface area (Å²) in [7, 11) is 0. The normalized spacial score (nSPS) is 26.0. The van der Waals surface area contributed by atoms with E-state index < -0.39 is 12.0 Å². The standard InChI is InChI=1S/C19H22ClN3O3/c20-14-6-3-5-13(10-14)18-21-17(26-22-18)8-9-23-15-7-2-1-4-12(15)11-16(23)19(24)25/h3,5-6,10,12,15-16H,1-2,4,7-9,11H2,(H,24,25). The number of carboxylic acid groups (broad SMARTS) is 1. The average Bonchev–Trinajstić information content (AvgIpc) is 3.25. The molecule has 0 radical (unpaired) electrons. The van der Waals surface area contributed by atoms with E-state index >= 15 is 0 Å². The van der Waals surface area contributed by atoms with Crippen molar-refractivity contribution < 1.29 is 14.4 Å². The molecule has 26 heavy (non-hydrogen) atoms. The topological polar surface area (TPSA) is 79.5 Å². The zero-order valence-electron chi connectivity index (χ0n) is 14.5. The van der Waals surface area contributed by atoms with E-state index in [1.165, 1.54) is 12.8 Å². The lowest BCUT2D eigenvalue weighted by Crippen LogP contribution is -2.43. The Morgan fingerprint density at radius 1 is 1.35 bits per heavy atom. The van der Waals surface area contributed by atoms with Gasteiger partial charge in [-0.1, -0.05) is 41.7 Å². The molecule has 2 fully saturated rings. The second-order valence-electron chi connectivity index (χ2n) is 7.21. The van der Waals surface area contributed by atoms with Crippen LogP contribution >= 0.6 is 11.6 Å². The summed E-state index contributed by atoms with van der Waals surface area (Å²) < 4.78 is 5.37. The SMILES string of the molecule is O=C(O)C1CC2CCCCC2N1CCc1nc(-c2cccc(Cl)c2)no1. The largest absolute Gasteiger partial charge is 0.480 e. The van der Waals surface area contributed by atoms with Gasteiger partial charge in [-0.05, 0) is 37.3 Å². The van der Waals surface area contributed by atoms with Gasteiger partial charge in [0.15, 0.2) is 0 Å². The number of rotatable bonds is 5. The summed E-state index contributed by atoms with van der Waals surface area (Å²) in [4.78, 5) is 18.3. The van der Waals surface area contributed by atoms with Crippen molar-refractivity contribution in [2.45, 2.75) is 50.6 Å². The van der Waals surface area contributed by atoms with Crippen molar-refractivity contribution in [3.63, 3.8) is 0 Å². The molecule has 3 unspecified atom stereocenters. The Hall–Kier alpha value is -1.92. The fourth-order valence-electron chi connectivity index (χ4n) is 4.44. The summed E-state index contributed by atoms with van der Waals surface area (Å²) in [6, 6.07) is 7.31. The van der Waals surface area contributed by atoms with Gasteiger partial charge in [-0.15, -0.1) is 0 Å². The van der Waals surface area contributed by atoms with Gasteiger partial charge in [0.05, 0.1) is 0 Å². The van der Waals surface area contributed by atoms with Crippen LogP contribution in [0.3, 0.4) is 0 Å². The number of hydrogen-bond acceptors (Lipinski definition) is 5. The number of carbonyl (C=O) groups is 1. The third-order valence-electron chi connectivity index (χ3n) is 5.64. The van der Waals surface area contributed by atoms with Crippen LogP contribution in [0.5, 0.6) is 0 Å². The van der Waals surface area contributed by atoms with E-state index in [1.54, 1.807) is 12.1 Å². The Morgan fingerprint density at radius 3 is 3.00 bits per heavy atom. The quantitative estimate of drug-likeness (QED) is 0.859. The van der Waals surface area contributed by atoms with Crippen molar-refractivity contribution in [1.29, 1.82) is 0 Å². The lowest BCUT2D eigenvalue weighted by Gasteiger charge is -2.32. The maximum atomic E-state index is 11.7. The summed E-state index contributed by atoms with van der Waals surface area (Å²) in [5, 5.41) is 14.3. The maximum Gasteiger partial charge on any atom is 0.320 e. The second kappa shape index (κ2) is 7.37. The van der Waals surface area contributed by atoms with E-state index in [0.29, 0.717) is 41.7 Å². The number of aliphatic carboxylic acids is 1.